The molecule has 0 spiro atoms. The molecule has 0 aliphatic rings. The monoisotopic (exact) mass is 254 g/mol. The molecule has 0 amide bonds. The van der Waals surface area contributed by atoms with Gasteiger partial charge in [-0.15, -0.1) is 0 Å². The van der Waals surface area contributed by atoms with Gasteiger partial charge in [-0.25, -0.2) is 0 Å². The molecule has 90 valence electrons. The van der Waals surface area contributed by atoms with Gasteiger partial charge in [-0.3, -0.25) is 10.1 Å². The van der Waals surface area contributed by atoms with Gasteiger partial charge in [0, 0.05) is 18.5 Å². The van der Waals surface area contributed by atoms with E-state index in [0.29, 0.717) is 23.1 Å². The third-order valence-electron chi connectivity index (χ3n) is 2.22. The van der Waals surface area contributed by atoms with E-state index in [1.165, 1.54) is 6.07 Å². The first-order valence-corrected chi connectivity index (χ1v) is 5.71. The lowest BCUT2D eigenvalue weighted by atomic mass is 10.2. The van der Waals surface area contributed by atoms with Crippen LogP contribution in [0.3, 0.4) is 0 Å². The molecule has 8 heteroatoms. The van der Waals surface area contributed by atoms with Crippen LogP contribution in [-0.2, 0) is 0 Å². The molecule has 0 fully saturated rings. The predicted octanol–water partition coefficient (Wildman–Crippen LogP) is 1.77. The second kappa shape index (κ2) is 4.60. The average molecular weight is 254 g/mol. The van der Waals surface area contributed by atoms with E-state index in [1.54, 1.807) is 6.07 Å². The number of nitrogens with zero attached hydrogens (tertiary/aromatic N) is 3. The molecule has 1 atom stereocenters. The van der Waals surface area contributed by atoms with E-state index < -0.39 is 4.92 Å². The van der Waals surface area contributed by atoms with Crippen LogP contribution in [0.4, 0.5) is 5.00 Å². The zero-order chi connectivity index (χ0) is 12.4. The molecule has 17 heavy (non-hydrogen) atoms. The molecule has 0 aliphatic carbocycles. The standard InChI is InChI=1S/C9H10N4O3S/c1-5(4-10)8-11-9(16-12-8)6-2-3-7(17-6)13(14)15/h2-3,5H,4,10H2,1H3. The van der Waals surface area contributed by atoms with Crippen LogP contribution in [-0.4, -0.2) is 21.6 Å². The van der Waals surface area contributed by atoms with Gasteiger partial charge in [0.15, 0.2) is 5.82 Å². The summed E-state index contributed by atoms with van der Waals surface area (Å²) in [5.74, 6) is 0.805. The number of thiophene rings is 1. The second-order valence-electron chi connectivity index (χ2n) is 3.49. The lowest BCUT2D eigenvalue weighted by Crippen LogP contribution is -2.10. The summed E-state index contributed by atoms with van der Waals surface area (Å²) in [5, 5.41) is 14.4. The van der Waals surface area contributed by atoms with Crippen molar-refractivity contribution in [2.24, 2.45) is 5.73 Å². The molecule has 2 rings (SSSR count). The highest BCUT2D eigenvalue weighted by atomic mass is 32.1. The van der Waals surface area contributed by atoms with Crippen molar-refractivity contribution in [3.05, 3.63) is 28.1 Å². The summed E-state index contributed by atoms with van der Waals surface area (Å²) >= 11 is 1.00. The molecule has 0 bridgehead atoms. The minimum Gasteiger partial charge on any atom is -0.333 e. The Labute approximate surface area is 100 Å². The summed E-state index contributed by atoms with van der Waals surface area (Å²) in [6.07, 6.45) is 0. The van der Waals surface area contributed by atoms with Crippen LogP contribution in [0.5, 0.6) is 0 Å². The number of hydrogen-bond donors (Lipinski definition) is 1. The maximum absolute atomic E-state index is 10.5. The molecule has 0 radical (unpaired) electrons. The molecule has 7 nitrogen and oxygen atoms in total. The molecular formula is C9H10N4O3S. The predicted molar refractivity (Wildman–Crippen MR) is 61.7 cm³/mol. The smallest absolute Gasteiger partial charge is 0.324 e. The van der Waals surface area contributed by atoms with E-state index in [2.05, 4.69) is 10.1 Å². The average Bonchev–Trinajstić information content (AvgIpc) is 2.95. The summed E-state index contributed by atoms with van der Waals surface area (Å²) in [5.41, 5.74) is 5.49. The highest BCUT2D eigenvalue weighted by Gasteiger charge is 2.17. The normalized spacial score (nSPS) is 12.6. The highest BCUT2D eigenvalue weighted by Crippen LogP contribution is 2.31. The van der Waals surface area contributed by atoms with Crippen molar-refractivity contribution in [2.75, 3.05) is 6.54 Å². The zero-order valence-corrected chi connectivity index (χ0v) is 9.81. The lowest BCUT2D eigenvalue weighted by molar-refractivity contribution is -0.380. The Balaban J connectivity index is 2.27. The van der Waals surface area contributed by atoms with Crippen LogP contribution in [0.15, 0.2) is 16.7 Å². The third kappa shape index (κ3) is 2.32. The number of hydrogen-bond acceptors (Lipinski definition) is 7. The van der Waals surface area contributed by atoms with Crippen LogP contribution >= 0.6 is 11.3 Å². The summed E-state index contributed by atoms with van der Waals surface area (Å²) in [6.45, 7) is 2.30. The maximum Gasteiger partial charge on any atom is 0.324 e. The van der Waals surface area contributed by atoms with Crippen molar-refractivity contribution in [3.8, 4) is 10.8 Å². The Hall–Kier alpha value is -1.80. The molecular weight excluding hydrogens is 244 g/mol. The minimum atomic E-state index is -0.450. The van der Waals surface area contributed by atoms with Crippen LogP contribution in [0, 0.1) is 10.1 Å². The largest absolute Gasteiger partial charge is 0.333 e. The van der Waals surface area contributed by atoms with Gasteiger partial charge in [0.2, 0.25) is 0 Å². The van der Waals surface area contributed by atoms with E-state index in [0.717, 1.165) is 11.3 Å². The molecule has 2 heterocycles. The molecule has 2 aromatic rings. The van der Waals surface area contributed by atoms with E-state index >= 15 is 0 Å². The number of aromatic nitrogens is 2. The Morgan fingerprint density at radius 3 is 3.00 bits per heavy atom. The van der Waals surface area contributed by atoms with Crippen molar-refractivity contribution < 1.29 is 9.45 Å². The first-order chi connectivity index (χ1) is 8.11. The summed E-state index contributed by atoms with van der Waals surface area (Å²) < 4.78 is 5.04. The zero-order valence-electron chi connectivity index (χ0n) is 8.99. The van der Waals surface area contributed by atoms with Gasteiger partial charge in [0.1, 0.15) is 0 Å². The summed E-state index contributed by atoms with van der Waals surface area (Å²) in [6, 6.07) is 3.00. The van der Waals surface area contributed by atoms with Gasteiger partial charge in [-0.2, -0.15) is 4.98 Å². The van der Waals surface area contributed by atoms with Crippen LogP contribution in [0.2, 0.25) is 0 Å². The quantitative estimate of drug-likeness (QED) is 0.657. The first kappa shape index (κ1) is 11.7. The minimum absolute atomic E-state index is 0.00227. The fourth-order valence-corrected chi connectivity index (χ4v) is 1.92. The molecule has 2 aromatic heterocycles. The SMILES string of the molecule is CC(CN)c1noc(-c2ccc([N+](=O)[O-])s2)n1. The lowest BCUT2D eigenvalue weighted by Gasteiger charge is -1.98. The highest BCUT2D eigenvalue weighted by molar-refractivity contribution is 7.18. The summed E-state index contributed by atoms with van der Waals surface area (Å²) in [7, 11) is 0. The van der Waals surface area contributed by atoms with E-state index in [1.807, 2.05) is 6.92 Å². The van der Waals surface area contributed by atoms with Gasteiger partial charge in [-0.05, 0) is 6.07 Å². The Morgan fingerprint density at radius 2 is 2.41 bits per heavy atom. The number of nitro groups is 1. The van der Waals surface area contributed by atoms with Crippen molar-refractivity contribution in [2.45, 2.75) is 12.8 Å². The Morgan fingerprint density at radius 1 is 1.65 bits per heavy atom. The molecule has 0 aromatic carbocycles. The van der Waals surface area contributed by atoms with Gasteiger partial charge in [0.25, 0.3) is 5.89 Å². The first-order valence-electron chi connectivity index (χ1n) is 4.90. The molecule has 0 saturated heterocycles. The fraction of sp³-hybridized carbons (Fsp3) is 0.333. The van der Waals surface area contributed by atoms with E-state index in [9.17, 15) is 10.1 Å². The van der Waals surface area contributed by atoms with Gasteiger partial charge < -0.3 is 10.3 Å². The van der Waals surface area contributed by atoms with Crippen LogP contribution < -0.4 is 5.73 Å². The van der Waals surface area contributed by atoms with E-state index in [-0.39, 0.29) is 10.9 Å². The summed E-state index contributed by atoms with van der Waals surface area (Å²) in [4.78, 5) is 14.8. The van der Waals surface area contributed by atoms with Crippen LogP contribution in [0.1, 0.15) is 18.7 Å². The van der Waals surface area contributed by atoms with Crippen LogP contribution in [0.25, 0.3) is 10.8 Å². The van der Waals surface area contributed by atoms with Gasteiger partial charge in [-0.1, -0.05) is 23.4 Å². The molecule has 0 saturated carbocycles. The van der Waals surface area contributed by atoms with Crippen molar-refractivity contribution in [1.82, 2.24) is 10.1 Å². The fourth-order valence-electron chi connectivity index (χ4n) is 1.18. The molecule has 1 unspecified atom stereocenters. The van der Waals surface area contributed by atoms with Gasteiger partial charge >= 0.3 is 5.00 Å². The molecule has 0 aliphatic heterocycles. The van der Waals surface area contributed by atoms with E-state index in [4.69, 9.17) is 10.3 Å². The topological polar surface area (TPSA) is 108 Å². The van der Waals surface area contributed by atoms with Gasteiger partial charge in [0.05, 0.1) is 9.80 Å². The number of rotatable bonds is 4. The maximum atomic E-state index is 10.5. The molecule has 2 N–H and O–H groups in total. The van der Waals surface area contributed by atoms with Crippen molar-refractivity contribution in [3.63, 3.8) is 0 Å². The Kier molecular flexibility index (Phi) is 3.16. The third-order valence-corrected chi connectivity index (χ3v) is 3.24. The van der Waals surface area contributed by atoms with Crippen molar-refractivity contribution in [1.29, 1.82) is 0 Å². The second-order valence-corrected chi connectivity index (χ2v) is 4.55. The van der Waals surface area contributed by atoms with Crippen molar-refractivity contribution >= 4 is 16.3 Å². The Bertz CT molecular complexity index is 536. The number of nitrogens with two attached hydrogens (primary N) is 1.